The first-order chi connectivity index (χ1) is 10.4. The fourth-order valence-electron chi connectivity index (χ4n) is 1.72. The normalized spacial score (nSPS) is 11.9. The van der Waals surface area contributed by atoms with Gasteiger partial charge in [-0.3, -0.25) is 4.79 Å². The van der Waals surface area contributed by atoms with E-state index in [1.165, 1.54) is 25.3 Å². The highest BCUT2D eigenvalue weighted by Gasteiger charge is 2.25. The van der Waals surface area contributed by atoms with Crippen molar-refractivity contribution in [3.63, 3.8) is 0 Å². The summed E-state index contributed by atoms with van der Waals surface area (Å²) in [6, 6.07) is 2.57. The predicted octanol–water partition coefficient (Wildman–Crippen LogP) is 1.93. The topological polar surface area (TPSA) is 84.9 Å². The van der Waals surface area contributed by atoms with E-state index < -0.39 is 30.8 Å². The van der Waals surface area contributed by atoms with E-state index in [0.717, 1.165) is 0 Å². The zero-order valence-electron chi connectivity index (χ0n) is 12.1. The molecular weight excluding hydrogens is 300 g/mol. The number of methoxy groups -OCH3 is 1. The minimum atomic E-state index is -2.84. The highest BCUT2D eigenvalue weighted by Crippen LogP contribution is 2.28. The van der Waals surface area contributed by atoms with E-state index in [1.54, 1.807) is 6.92 Å². The van der Waals surface area contributed by atoms with Crippen LogP contribution in [0.15, 0.2) is 18.2 Å². The number of carboxylic acids is 1. The van der Waals surface area contributed by atoms with Gasteiger partial charge in [-0.2, -0.15) is 0 Å². The zero-order valence-corrected chi connectivity index (χ0v) is 12.1. The van der Waals surface area contributed by atoms with E-state index in [1.807, 2.05) is 0 Å². The second-order valence-electron chi connectivity index (χ2n) is 4.29. The van der Waals surface area contributed by atoms with Crippen LogP contribution in [0.4, 0.5) is 8.78 Å². The Hall–Kier alpha value is -2.38. The summed E-state index contributed by atoms with van der Waals surface area (Å²) in [5.41, 5.74) is 0.0841. The third-order valence-electron chi connectivity index (χ3n) is 2.74. The number of nitrogens with one attached hydrogen (secondary N) is 1. The lowest BCUT2D eigenvalue weighted by Gasteiger charge is -2.15. The standard InChI is InChI=1S/C14H17F2NO5/c1-3-22-10-5-4-8(6-11(10)21-2)13(18)17-9(14(19)20)7-12(15)16/h4-6,9,12H,3,7H2,1-2H3,(H,17,18)(H,19,20). The Balaban J connectivity index is 2.90. The number of halogens is 2. The first-order valence-corrected chi connectivity index (χ1v) is 6.51. The summed E-state index contributed by atoms with van der Waals surface area (Å²) in [6.45, 7) is 2.18. The minimum Gasteiger partial charge on any atom is -0.493 e. The number of alkyl halides is 2. The van der Waals surface area contributed by atoms with Crippen molar-refractivity contribution >= 4 is 11.9 Å². The van der Waals surface area contributed by atoms with Gasteiger partial charge in [-0.1, -0.05) is 0 Å². The molecule has 0 saturated heterocycles. The zero-order chi connectivity index (χ0) is 16.7. The number of benzene rings is 1. The van der Waals surface area contributed by atoms with Crippen LogP contribution in [0.1, 0.15) is 23.7 Å². The summed E-state index contributed by atoms with van der Waals surface area (Å²) in [7, 11) is 1.39. The van der Waals surface area contributed by atoms with Gasteiger partial charge in [-0.05, 0) is 25.1 Å². The van der Waals surface area contributed by atoms with Crippen LogP contribution in [0.25, 0.3) is 0 Å². The summed E-state index contributed by atoms with van der Waals surface area (Å²) >= 11 is 0. The van der Waals surface area contributed by atoms with Crippen molar-refractivity contribution in [3.05, 3.63) is 23.8 Å². The van der Waals surface area contributed by atoms with Gasteiger partial charge in [-0.15, -0.1) is 0 Å². The Morgan fingerprint density at radius 3 is 2.50 bits per heavy atom. The molecule has 0 aliphatic carbocycles. The van der Waals surface area contributed by atoms with Crippen molar-refractivity contribution in [1.29, 1.82) is 0 Å². The fourth-order valence-corrected chi connectivity index (χ4v) is 1.72. The van der Waals surface area contributed by atoms with E-state index in [0.29, 0.717) is 12.4 Å². The quantitative estimate of drug-likeness (QED) is 0.765. The molecule has 1 aromatic rings. The van der Waals surface area contributed by atoms with Gasteiger partial charge in [0.1, 0.15) is 6.04 Å². The van der Waals surface area contributed by atoms with Crippen LogP contribution in [0.3, 0.4) is 0 Å². The molecule has 1 rings (SSSR count). The maximum atomic E-state index is 12.3. The molecule has 1 aromatic carbocycles. The molecule has 0 radical (unpaired) electrons. The van der Waals surface area contributed by atoms with Gasteiger partial charge in [0.25, 0.3) is 5.91 Å². The summed E-state index contributed by atoms with van der Waals surface area (Å²) in [5, 5.41) is 10.9. The third kappa shape index (κ3) is 4.87. The number of aliphatic carboxylic acids is 1. The lowest BCUT2D eigenvalue weighted by Crippen LogP contribution is -2.42. The molecule has 6 nitrogen and oxygen atoms in total. The molecule has 122 valence electrons. The van der Waals surface area contributed by atoms with E-state index in [4.69, 9.17) is 14.6 Å². The number of carbonyl (C=O) groups is 2. The molecule has 2 N–H and O–H groups in total. The molecule has 8 heteroatoms. The highest BCUT2D eigenvalue weighted by atomic mass is 19.3. The van der Waals surface area contributed by atoms with Gasteiger partial charge in [-0.25, -0.2) is 13.6 Å². The molecule has 0 saturated carbocycles. The largest absolute Gasteiger partial charge is 0.493 e. The number of carbonyl (C=O) groups excluding carboxylic acids is 1. The number of hydrogen-bond acceptors (Lipinski definition) is 4. The first kappa shape index (κ1) is 17.7. The van der Waals surface area contributed by atoms with Crippen LogP contribution < -0.4 is 14.8 Å². The Morgan fingerprint density at radius 1 is 1.32 bits per heavy atom. The lowest BCUT2D eigenvalue weighted by atomic mass is 10.1. The van der Waals surface area contributed by atoms with E-state index >= 15 is 0 Å². The van der Waals surface area contributed by atoms with Crippen molar-refractivity contribution in [2.24, 2.45) is 0 Å². The number of ether oxygens (including phenoxy) is 2. The van der Waals surface area contributed by atoms with Crippen molar-refractivity contribution in [2.75, 3.05) is 13.7 Å². The Morgan fingerprint density at radius 2 is 2.00 bits per heavy atom. The molecule has 0 aliphatic heterocycles. The maximum absolute atomic E-state index is 12.3. The second kappa shape index (κ2) is 8.16. The molecule has 1 unspecified atom stereocenters. The minimum absolute atomic E-state index is 0.0841. The number of hydrogen-bond donors (Lipinski definition) is 2. The molecule has 0 heterocycles. The van der Waals surface area contributed by atoms with Crippen molar-refractivity contribution in [3.8, 4) is 11.5 Å². The smallest absolute Gasteiger partial charge is 0.326 e. The fraction of sp³-hybridized carbons (Fsp3) is 0.429. The Kier molecular flexibility index (Phi) is 6.55. The molecule has 0 fully saturated rings. The van der Waals surface area contributed by atoms with Crippen LogP contribution in [0.2, 0.25) is 0 Å². The SMILES string of the molecule is CCOc1ccc(C(=O)NC(CC(F)F)C(=O)O)cc1OC. The van der Waals surface area contributed by atoms with Gasteiger partial charge in [0.05, 0.1) is 13.7 Å². The van der Waals surface area contributed by atoms with E-state index in [2.05, 4.69) is 5.32 Å². The summed E-state index contributed by atoms with van der Waals surface area (Å²) in [5.74, 6) is -1.60. The first-order valence-electron chi connectivity index (χ1n) is 6.51. The van der Waals surface area contributed by atoms with Crippen LogP contribution >= 0.6 is 0 Å². The second-order valence-corrected chi connectivity index (χ2v) is 4.29. The van der Waals surface area contributed by atoms with Crippen molar-refractivity contribution < 1.29 is 33.0 Å². The monoisotopic (exact) mass is 317 g/mol. The third-order valence-corrected chi connectivity index (χ3v) is 2.74. The van der Waals surface area contributed by atoms with Crippen molar-refractivity contribution in [2.45, 2.75) is 25.8 Å². The Labute approximate surface area is 126 Å². The molecule has 0 bridgehead atoms. The summed E-state index contributed by atoms with van der Waals surface area (Å²) in [4.78, 5) is 22.8. The molecule has 1 amide bonds. The molecule has 0 aliphatic rings. The van der Waals surface area contributed by atoms with Crippen molar-refractivity contribution in [1.82, 2.24) is 5.32 Å². The van der Waals surface area contributed by atoms with E-state index in [9.17, 15) is 18.4 Å². The number of rotatable bonds is 8. The average Bonchev–Trinajstić information content (AvgIpc) is 2.46. The molecule has 0 spiro atoms. The molecule has 0 aromatic heterocycles. The van der Waals surface area contributed by atoms with E-state index in [-0.39, 0.29) is 11.3 Å². The maximum Gasteiger partial charge on any atom is 0.326 e. The highest BCUT2D eigenvalue weighted by molar-refractivity contribution is 5.97. The van der Waals surface area contributed by atoms with Gasteiger partial charge in [0.15, 0.2) is 11.5 Å². The summed E-state index contributed by atoms with van der Waals surface area (Å²) in [6.07, 6.45) is -3.80. The van der Waals surface area contributed by atoms with Gasteiger partial charge >= 0.3 is 5.97 Å². The summed E-state index contributed by atoms with van der Waals surface area (Å²) < 4.78 is 35.0. The Bertz CT molecular complexity index is 536. The van der Waals surface area contributed by atoms with Crippen LogP contribution in [0, 0.1) is 0 Å². The molecule has 1 atom stereocenters. The average molecular weight is 317 g/mol. The van der Waals surface area contributed by atoms with Crippen LogP contribution in [-0.4, -0.2) is 43.2 Å². The van der Waals surface area contributed by atoms with Gasteiger partial charge in [0.2, 0.25) is 6.43 Å². The van der Waals surface area contributed by atoms with Gasteiger partial charge in [0, 0.05) is 12.0 Å². The van der Waals surface area contributed by atoms with Crippen LogP contribution in [0.5, 0.6) is 11.5 Å². The van der Waals surface area contributed by atoms with Crippen LogP contribution in [-0.2, 0) is 4.79 Å². The predicted molar refractivity (Wildman–Crippen MR) is 73.7 cm³/mol. The number of amides is 1. The molecular formula is C14H17F2NO5. The molecule has 22 heavy (non-hydrogen) atoms. The number of carboxylic acid groups (broad SMARTS) is 1. The lowest BCUT2D eigenvalue weighted by molar-refractivity contribution is -0.140. The van der Waals surface area contributed by atoms with Gasteiger partial charge < -0.3 is 19.9 Å².